The van der Waals surface area contributed by atoms with E-state index in [1.165, 1.54) is 54.8 Å². The Hall–Kier alpha value is -2.88. The number of nitro benzene ring substituents is 1. The lowest BCUT2D eigenvalue weighted by Crippen LogP contribution is -2.35. The molecule has 0 unspecified atom stereocenters. The number of hydrogen-bond donors (Lipinski definition) is 2. The number of amides is 1. The van der Waals surface area contributed by atoms with Gasteiger partial charge in [-0.15, -0.1) is 11.8 Å². The molecule has 2 N–H and O–H groups in total. The minimum absolute atomic E-state index is 0.174. The van der Waals surface area contributed by atoms with Gasteiger partial charge in [-0.2, -0.15) is 5.10 Å². The third kappa shape index (κ3) is 4.64. The van der Waals surface area contributed by atoms with Crippen LogP contribution in [0.3, 0.4) is 0 Å². The van der Waals surface area contributed by atoms with Crippen molar-refractivity contribution in [2.45, 2.75) is 43.4 Å². The van der Waals surface area contributed by atoms with Crippen molar-refractivity contribution in [2.24, 2.45) is 0 Å². The van der Waals surface area contributed by atoms with Crippen LogP contribution in [0.4, 0.5) is 11.4 Å². The molecular weight excluding hydrogens is 372 g/mol. The van der Waals surface area contributed by atoms with Gasteiger partial charge in [0.2, 0.25) is 0 Å². The van der Waals surface area contributed by atoms with Crippen LogP contribution in [0.1, 0.15) is 38.1 Å². The first kappa shape index (κ1) is 20.4. The topological polar surface area (TPSA) is 127 Å². The van der Waals surface area contributed by atoms with Crippen molar-refractivity contribution in [2.75, 3.05) is 5.32 Å². The quantitative estimate of drug-likeness (QED) is 0.420. The lowest BCUT2D eigenvalue weighted by Gasteiger charge is -2.19. The summed E-state index contributed by atoms with van der Waals surface area (Å²) in [5.41, 5.74) is -1.00. The summed E-state index contributed by atoms with van der Waals surface area (Å²) >= 11 is 1.42. The fourth-order valence-corrected chi connectivity index (χ4v) is 3.09. The Morgan fingerprint density at radius 2 is 2.04 bits per heavy atom. The summed E-state index contributed by atoms with van der Waals surface area (Å²) in [5.74, 6) is -1.60. The summed E-state index contributed by atoms with van der Waals surface area (Å²) in [6.45, 7) is 6.86. The maximum atomic E-state index is 12.7. The minimum atomic E-state index is -1.28. The first-order valence-electron chi connectivity index (χ1n) is 8.07. The second kappa shape index (κ2) is 7.78. The molecule has 0 aliphatic heterocycles. The van der Waals surface area contributed by atoms with Gasteiger partial charge in [-0.3, -0.25) is 19.6 Å². The summed E-state index contributed by atoms with van der Waals surface area (Å²) in [5, 5.41) is 27.1. The molecule has 10 heteroatoms. The largest absolute Gasteiger partial charge is 0.479 e. The van der Waals surface area contributed by atoms with Crippen LogP contribution in [-0.4, -0.2) is 36.9 Å². The molecule has 0 spiro atoms. The molecule has 0 aliphatic rings. The maximum Gasteiger partial charge on any atom is 0.331 e. The molecule has 0 saturated heterocycles. The fourth-order valence-electron chi connectivity index (χ4n) is 2.16. The lowest BCUT2D eigenvalue weighted by molar-refractivity contribution is -0.384. The van der Waals surface area contributed by atoms with Gasteiger partial charge in [0.1, 0.15) is 0 Å². The highest BCUT2D eigenvalue weighted by atomic mass is 32.2. The fraction of sp³-hybridized carbons (Fsp3) is 0.353. The predicted octanol–water partition coefficient (Wildman–Crippen LogP) is 3.36. The Morgan fingerprint density at radius 1 is 1.37 bits per heavy atom. The third-order valence-electron chi connectivity index (χ3n) is 3.72. The van der Waals surface area contributed by atoms with Crippen molar-refractivity contribution in [3.05, 3.63) is 46.3 Å². The highest BCUT2D eigenvalue weighted by Gasteiger charge is 2.30. The number of aromatic nitrogens is 2. The smallest absolute Gasteiger partial charge is 0.331 e. The molecule has 27 heavy (non-hydrogen) atoms. The van der Waals surface area contributed by atoms with Gasteiger partial charge in [0.15, 0.2) is 5.54 Å². The number of carboxylic acid groups (broad SMARTS) is 1. The molecule has 0 saturated carbocycles. The molecule has 0 bridgehead atoms. The van der Waals surface area contributed by atoms with Gasteiger partial charge in [0.05, 0.1) is 22.4 Å². The Balaban J connectivity index is 2.32. The van der Waals surface area contributed by atoms with Gasteiger partial charge in [-0.05, 0) is 19.9 Å². The van der Waals surface area contributed by atoms with Crippen molar-refractivity contribution in [3.8, 4) is 0 Å². The monoisotopic (exact) mass is 392 g/mol. The number of benzene rings is 1. The number of rotatable bonds is 7. The molecule has 0 aliphatic carbocycles. The van der Waals surface area contributed by atoms with E-state index in [1.54, 1.807) is 6.07 Å². The zero-order chi connectivity index (χ0) is 20.4. The molecule has 0 radical (unpaired) electrons. The zero-order valence-electron chi connectivity index (χ0n) is 15.3. The van der Waals surface area contributed by atoms with Crippen LogP contribution in [-0.2, 0) is 10.3 Å². The van der Waals surface area contributed by atoms with Gasteiger partial charge in [-0.1, -0.05) is 13.8 Å². The summed E-state index contributed by atoms with van der Waals surface area (Å²) in [6, 6.07) is 4.13. The van der Waals surface area contributed by atoms with E-state index in [2.05, 4.69) is 10.4 Å². The van der Waals surface area contributed by atoms with E-state index in [1.807, 2.05) is 13.8 Å². The second-order valence-electron chi connectivity index (χ2n) is 6.60. The van der Waals surface area contributed by atoms with E-state index >= 15 is 0 Å². The summed E-state index contributed by atoms with van der Waals surface area (Å²) in [4.78, 5) is 35.1. The van der Waals surface area contributed by atoms with Crippen molar-refractivity contribution >= 4 is 35.0 Å². The molecule has 144 valence electrons. The van der Waals surface area contributed by atoms with E-state index in [0.717, 1.165) is 0 Å². The first-order valence-corrected chi connectivity index (χ1v) is 8.95. The first-order chi connectivity index (χ1) is 12.5. The number of carbonyl (C=O) groups is 2. The number of nitrogens with zero attached hydrogens (tertiary/aromatic N) is 3. The molecule has 1 aromatic carbocycles. The predicted molar refractivity (Wildman–Crippen MR) is 101 cm³/mol. The molecular formula is C17H20N4O5S. The van der Waals surface area contributed by atoms with E-state index in [0.29, 0.717) is 10.6 Å². The van der Waals surface area contributed by atoms with E-state index in [4.69, 9.17) is 0 Å². The lowest BCUT2D eigenvalue weighted by atomic mass is 10.1. The number of nitrogens with one attached hydrogen (secondary N) is 1. The number of hydrogen-bond acceptors (Lipinski definition) is 6. The number of aliphatic carboxylic acids is 1. The second-order valence-corrected chi connectivity index (χ2v) is 8.21. The SMILES string of the molecule is CC(C)Sc1ccc([N+](=O)[O-])cc1C(=O)Nc1cnn(C(C)(C)C(=O)O)c1. The van der Waals surface area contributed by atoms with Crippen molar-refractivity contribution < 1.29 is 19.6 Å². The van der Waals surface area contributed by atoms with Gasteiger partial charge in [-0.25, -0.2) is 4.79 Å². The molecule has 2 aromatic rings. The Morgan fingerprint density at radius 3 is 2.59 bits per heavy atom. The van der Waals surface area contributed by atoms with Crippen LogP contribution in [0.5, 0.6) is 0 Å². The van der Waals surface area contributed by atoms with Gasteiger partial charge in [0, 0.05) is 28.5 Å². The van der Waals surface area contributed by atoms with Gasteiger partial charge in [0.25, 0.3) is 11.6 Å². The highest BCUT2D eigenvalue weighted by molar-refractivity contribution is 8.00. The Kier molecular flexibility index (Phi) is 5.89. The average Bonchev–Trinajstić information content (AvgIpc) is 3.03. The van der Waals surface area contributed by atoms with E-state index in [-0.39, 0.29) is 16.5 Å². The maximum absolute atomic E-state index is 12.7. The van der Waals surface area contributed by atoms with E-state index in [9.17, 15) is 24.8 Å². The number of anilines is 1. The van der Waals surface area contributed by atoms with E-state index < -0.39 is 22.3 Å². The van der Waals surface area contributed by atoms with Crippen LogP contribution in [0.2, 0.25) is 0 Å². The van der Waals surface area contributed by atoms with Gasteiger partial charge >= 0.3 is 5.97 Å². The number of carbonyl (C=O) groups excluding carboxylic acids is 1. The molecule has 1 aromatic heterocycles. The van der Waals surface area contributed by atoms with Crippen LogP contribution in [0.15, 0.2) is 35.5 Å². The van der Waals surface area contributed by atoms with Crippen LogP contribution >= 0.6 is 11.8 Å². The third-order valence-corrected chi connectivity index (χ3v) is 4.80. The summed E-state index contributed by atoms with van der Waals surface area (Å²) in [7, 11) is 0. The van der Waals surface area contributed by atoms with Crippen LogP contribution < -0.4 is 5.32 Å². The molecule has 0 atom stereocenters. The van der Waals surface area contributed by atoms with Gasteiger partial charge < -0.3 is 10.4 Å². The van der Waals surface area contributed by atoms with Crippen molar-refractivity contribution in [1.82, 2.24) is 9.78 Å². The number of carboxylic acids is 1. The summed E-state index contributed by atoms with van der Waals surface area (Å²) in [6.07, 6.45) is 2.73. The standard InChI is InChI=1S/C17H20N4O5S/c1-10(2)27-14-6-5-12(21(25)26)7-13(14)15(22)19-11-8-18-20(9-11)17(3,4)16(23)24/h5-10H,1-4H3,(H,19,22)(H,23,24). The number of non-ortho nitro benzene ring substituents is 1. The zero-order valence-corrected chi connectivity index (χ0v) is 16.1. The van der Waals surface area contributed by atoms with Crippen LogP contribution in [0, 0.1) is 10.1 Å². The average molecular weight is 392 g/mol. The van der Waals surface area contributed by atoms with Crippen molar-refractivity contribution in [1.29, 1.82) is 0 Å². The molecule has 9 nitrogen and oxygen atoms in total. The Labute approximate surface area is 159 Å². The molecule has 1 heterocycles. The highest BCUT2D eigenvalue weighted by Crippen LogP contribution is 2.30. The summed E-state index contributed by atoms with van der Waals surface area (Å²) < 4.78 is 1.22. The van der Waals surface area contributed by atoms with Crippen molar-refractivity contribution in [3.63, 3.8) is 0 Å². The molecule has 0 fully saturated rings. The number of thioether (sulfide) groups is 1. The molecule has 2 rings (SSSR count). The minimum Gasteiger partial charge on any atom is -0.479 e. The normalized spacial score (nSPS) is 11.4. The van der Waals surface area contributed by atoms with Crippen LogP contribution in [0.25, 0.3) is 0 Å². The number of nitro groups is 1. The molecule has 1 amide bonds. The Bertz CT molecular complexity index is 891.